The Morgan fingerprint density at radius 2 is 1.90 bits per heavy atom. The zero-order valence-electron chi connectivity index (χ0n) is 11.8. The number of amides is 1. The summed E-state index contributed by atoms with van der Waals surface area (Å²) in [6, 6.07) is 3.39. The number of carbonyl (C=O) groups is 1. The maximum absolute atomic E-state index is 12.6. The minimum absolute atomic E-state index is 0.0596. The second kappa shape index (κ2) is 7.70. The van der Waals surface area contributed by atoms with E-state index in [9.17, 15) is 4.79 Å². The van der Waals surface area contributed by atoms with Gasteiger partial charge < -0.3 is 10.0 Å². The highest BCUT2D eigenvalue weighted by Gasteiger charge is 2.24. The monoisotopic (exact) mass is 348 g/mol. The summed E-state index contributed by atoms with van der Waals surface area (Å²) in [6.45, 7) is 3.63. The first kappa shape index (κ1) is 16.9. The maximum atomic E-state index is 12.6. The fraction of sp³-hybridized carbons (Fsp3) is 0.500. The summed E-state index contributed by atoms with van der Waals surface area (Å²) in [7, 11) is 0. The van der Waals surface area contributed by atoms with Crippen LogP contribution in [0.2, 0.25) is 10.0 Å². The van der Waals surface area contributed by atoms with Crippen molar-refractivity contribution < 1.29 is 9.90 Å². The van der Waals surface area contributed by atoms with Crippen molar-refractivity contribution in [3.8, 4) is 0 Å². The number of aliphatic hydroxyl groups is 1. The predicted molar refractivity (Wildman–Crippen MR) is 87.7 cm³/mol. The number of aliphatic hydroxyl groups excluding tert-OH is 1. The Morgan fingerprint density at radius 1 is 1.24 bits per heavy atom. The van der Waals surface area contributed by atoms with Gasteiger partial charge in [-0.25, -0.2) is 0 Å². The van der Waals surface area contributed by atoms with Gasteiger partial charge in [-0.15, -0.1) is 11.8 Å². The number of piperazine rings is 1. The second-order valence-corrected chi connectivity index (χ2v) is 6.49. The highest BCUT2D eigenvalue weighted by atomic mass is 35.5. The first-order chi connectivity index (χ1) is 10.1. The Kier molecular flexibility index (Phi) is 6.20. The summed E-state index contributed by atoms with van der Waals surface area (Å²) in [4.78, 5) is 17.4. The van der Waals surface area contributed by atoms with Gasteiger partial charge in [0.2, 0.25) is 0 Å². The standard InChI is InChI=1S/C14H18Cl2N2O2S/c1-21-13-8-10(11(15)9-12(13)16)14(20)18-4-2-17(3-5-18)6-7-19/h8-9,19H,2-7H2,1H3. The lowest BCUT2D eigenvalue weighted by Crippen LogP contribution is -2.49. The third kappa shape index (κ3) is 4.05. The Hall–Kier alpha value is -0.460. The van der Waals surface area contributed by atoms with Crippen LogP contribution in [0.5, 0.6) is 0 Å². The SMILES string of the molecule is CSc1cc(C(=O)N2CCN(CCO)CC2)c(Cl)cc1Cl. The van der Waals surface area contributed by atoms with E-state index >= 15 is 0 Å². The molecule has 1 aliphatic rings. The van der Waals surface area contributed by atoms with Gasteiger partial charge in [0.15, 0.2) is 0 Å². The molecule has 7 heteroatoms. The van der Waals surface area contributed by atoms with Crippen molar-refractivity contribution in [2.24, 2.45) is 0 Å². The van der Waals surface area contributed by atoms with Crippen molar-refractivity contribution in [3.05, 3.63) is 27.7 Å². The van der Waals surface area contributed by atoms with E-state index in [1.165, 1.54) is 11.8 Å². The predicted octanol–water partition coefficient (Wildman–Crippen LogP) is 2.47. The summed E-state index contributed by atoms with van der Waals surface area (Å²) >= 11 is 13.7. The highest BCUT2D eigenvalue weighted by molar-refractivity contribution is 7.98. The summed E-state index contributed by atoms with van der Waals surface area (Å²) in [6.07, 6.45) is 1.91. The quantitative estimate of drug-likeness (QED) is 0.849. The molecular formula is C14H18Cl2N2O2S. The Balaban J connectivity index is 2.10. The van der Waals surface area contributed by atoms with E-state index < -0.39 is 0 Å². The molecule has 0 bridgehead atoms. The molecule has 2 rings (SSSR count). The van der Waals surface area contributed by atoms with Crippen LogP contribution in [0.4, 0.5) is 0 Å². The molecule has 1 amide bonds. The molecule has 0 spiro atoms. The molecule has 21 heavy (non-hydrogen) atoms. The van der Waals surface area contributed by atoms with E-state index in [2.05, 4.69) is 4.90 Å². The van der Waals surface area contributed by atoms with Gasteiger partial charge in [0.05, 0.1) is 22.2 Å². The molecule has 0 atom stereocenters. The van der Waals surface area contributed by atoms with Gasteiger partial charge in [-0.1, -0.05) is 23.2 Å². The third-order valence-corrected chi connectivity index (χ3v) is 5.06. The van der Waals surface area contributed by atoms with E-state index in [-0.39, 0.29) is 12.5 Å². The molecule has 1 N–H and O–H groups in total. The zero-order chi connectivity index (χ0) is 15.4. The molecule has 1 heterocycles. The number of β-amino-alcohol motifs (C(OH)–C–C–N with tert-alkyl or cyclic N) is 1. The fourth-order valence-electron chi connectivity index (χ4n) is 2.34. The molecule has 4 nitrogen and oxygen atoms in total. The number of nitrogens with zero attached hydrogens (tertiary/aromatic N) is 2. The van der Waals surface area contributed by atoms with E-state index in [1.54, 1.807) is 17.0 Å². The minimum atomic E-state index is -0.0596. The molecule has 116 valence electrons. The molecule has 1 saturated heterocycles. The number of hydrogen-bond acceptors (Lipinski definition) is 4. The maximum Gasteiger partial charge on any atom is 0.255 e. The van der Waals surface area contributed by atoms with Crippen LogP contribution in [0.3, 0.4) is 0 Å². The molecular weight excluding hydrogens is 331 g/mol. The van der Waals surface area contributed by atoms with Crippen molar-refractivity contribution in [2.75, 3.05) is 45.6 Å². The van der Waals surface area contributed by atoms with Crippen molar-refractivity contribution in [1.29, 1.82) is 0 Å². The molecule has 0 saturated carbocycles. The molecule has 0 unspecified atom stereocenters. The van der Waals surface area contributed by atoms with E-state index in [4.69, 9.17) is 28.3 Å². The number of carbonyl (C=O) groups excluding carboxylic acids is 1. The lowest BCUT2D eigenvalue weighted by Gasteiger charge is -2.34. The average molecular weight is 349 g/mol. The first-order valence-corrected chi connectivity index (χ1v) is 8.70. The number of benzene rings is 1. The van der Waals surface area contributed by atoms with Crippen LogP contribution in [-0.2, 0) is 0 Å². The Labute approximate surface area is 139 Å². The largest absolute Gasteiger partial charge is 0.395 e. The van der Waals surface area contributed by atoms with E-state index in [1.807, 2.05) is 6.26 Å². The molecule has 1 fully saturated rings. The van der Waals surface area contributed by atoms with E-state index in [0.29, 0.717) is 35.2 Å². The summed E-state index contributed by atoms with van der Waals surface area (Å²) < 4.78 is 0. The molecule has 1 aromatic carbocycles. The van der Waals surface area contributed by atoms with Gasteiger partial charge in [0, 0.05) is 37.6 Å². The number of halogens is 2. The van der Waals surface area contributed by atoms with Crippen LogP contribution in [0, 0.1) is 0 Å². The van der Waals surface area contributed by atoms with Crippen LogP contribution in [0.25, 0.3) is 0 Å². The van der Waals surface area contributed by atoms with Gasteiger partial charge in [-0.2, -0.15) is 0 Å². The normalized spacial score (nSPS) is 16.3. The van der Waals surface area contributed by atoms with Crippen LogP contribution in [-0.4, -0.2) is 66.4 Å². The van der Waals surface area contributed by atoms with Crippen molar-refractivity contribution in [1.82, 2.24) is 9.80 Å². The molecule has 0 aliphatic carbocycles. The third-order valence-electron chi connectivity index (χ3n) is 3.55. The first-order valence-electron chi connectivity index (χ1n) is 6.72. The van der Waals surface area contributed by atoms with Crippen LogP contribution < -0.4 is 0 Å². The van der Waals surface area contributed by atoms with Gasteiger partial charge in [-0.05, 0) is 18.4 Å². The Morgan fingerprint density at radius 3 is 2.48 bits per heavy atom. The lowest BCUT2D eigenvalue weighted by molar-refractivity contribution is 0.0615. The Bertz CT molecular complexity index is 520. The minimum Gasteiger partial charge on any atom is -0.395 e. The number of rotatable bonds is 4. The van der Waals surface area contributed by atoms with Gasteiger partial charge >= 0.3 is 0 Å². The molecule has 0 radical (unpaired) electrons. The number of hydrogen-bond donors (Lipinski definition) is 1. The topological polar surface area (TPSA) is 43.8 Å². The van der Waals surface area contributed by atoms with Gasteiger partial charge in [0.25, 0.3) is 5.91 Å². The summed E-state index contributed by atoms with van der Waals surface area (Å²) in [5.41, 5.74) is 0.501. The van der Waals surface area contributed by atoms with Gasteiger partial charge in [-0.3, -0.25) is 9.69 Å². The van der Waals surface area contributed by atoms with Crippen LogP contribution in [0.15, 0.2) is 17.0 Å². The molecule has 1 aromatic rings. The van der Waals surface area contributed by atoms with E-state index in [0.717, 1.165) is 18.0 Å². The molecule has 1 aliphatic heterocycles. The zero-order valence-corrected chi connectivity index (χ0v) is 14.1. The van der Waals surface area contributed by atoms with Crippen molar-refractivity contribution in [2.45, 2.75) is 4.90 Å². The van der Waals surface area contributed by atoms with Crippen molar-refractivity contribution >= 4 is 40.9 Å². The van der Waals surface area contributed by atoms with Crippen LogP contribution in [0.1, 0.15) is 10.4 Å². The van der Waals surface area contributed by atoms with Gasteiger partial charge in [0.1, 0.15) is 0 Å². The van der Waals surface area contributed by atoms with Crippen molar-refractivity contribution in [3.63, 3.8) is 0 Å². The highest BCUT2D eigenvalue weighted by Crippen LogP contribution is 2.31. The summed E-state index contributed by atoms with van der Waals surface area (Å²) in [5, 5.41) is 9.89. The van der Waals surface area contributed by atoms with Crippen LogP contribution >= 0.6 is 35.0 Å². The number of thioether (sulfide) groups is 1. The second-order valence-electron chi connectivity index (χ2n) is 4.82. The lowest BCUT2D eigenvalue weighted by atomic mass is 10.1. The average Bonchev–Trinajstić information content (AvgIpc) is 2.48. The fourth-order valence-corrected chi connectivity index (χ4v) is 3.52. The molecule has 0 aromatic heterocycles. The smallest absolute Gasteiger partial charge is 0.255 e. The summed E-state index contributed by atoms with van der Waals surface area (Å²) in [5.74, 6) is -0.0596.